The number of aryl methyl sites for hydroxylation is 1. The molecule has 0 spiro atoms. The number of aromatic nitrogens is 2. The first-order valence-corrected chi connectivity index (χ1v) is 6.31. The van der Waals surface area contributed by atoms with Crippen LogP contribution in [0.3, 0.4) is 0 Å². The van der Waals surface area contributed by atoms with Gasteiger partial charge >= 0.3 is 0 Å². The summed E-state index contributed by atoms with van der Waals surface area (Å²) in [4.78, 5) is 16.2. The Balaban J connectivity index is 2.12. The number of nitrogens with zero attached hydrogens (tertiary/aromatic N) is 2. The van der Waals surface area contributed by atoms with Crippen molar-refractivity contribution in [2.24, 2.45) is 0 Å². The molecule has 0 radical (unpaired) electrons. The van der Waals surface area contributed by atoms with E-state index in [1.165, 1.54) is 6.20 Å². The minimum absolute atomic E-state index is 0.0972. The smallest absolute Gasteiger partial charge is 0.258 e. The molecule has 0 bridgehead atoms. The molecule has 6 nitrogen and oxygen atoms in total. The molecule has 0 aromatic carbocycles. The molecule has 0 aliphatic heterocycles. The van der Waals surface area contributed by atoms with Gasteiger partial charge in [0.15, 0.2) is 5.82 Å². The Hall–Kier alpha value is -2.37. The molecule has 2 rings (SSSR count). The zero-order chi connectivity index (χ0) is 14.8. The number of hydrogen-bond acceptors (Lipinski definition) is 5. The molecule has 0 atom stereocenters. The first-order chi connectivity index (χ1) is 9.33. The average Bonchev–Trinajstić information content (AvgIpc) is 2.73. The summed E-state index contributed by atoms with van der Waals surface area (Å²) >= 11 is 0. The molecule has 106 valence electrons. The van der Waals surface area contributed by atoms with Gasteiger partial charge in [0.1, 0.15) is 5.76 Å². The van der Waals surface area contributed by atoms with Gasteiger partial charge in [-0.05, 0) is 33.8 Å². The zero-order valence-electron chi connectivity index (χ0n) is 12.0. The summed E-state index contributed by atoms with van der Waals surface area (Å²) in [7, 11) is 0. The number of carbonyl (C=O) groups excluding carboxylic acids is 1. The van der Waals surface area contributed by atoms with Gasteiger partial charge in [0.2, 0.25) is 0 Å². The van der Waals surface area contributed by atoms with Gasteiger partial charge in [0, 0.05) is 24.0 Å². The summed E-state index contributed by atoms with van der Waals surface area (Å²) in [6, 6.07) is 3.41. The summed E-state index contributed by atoms with van der Waals surface area (Å²) in [6.07, 6.45) is 3.19. The van der Waals surface area contributed by atoms with Crippen LogP contribution in [-0.2, 0) is 0 Å². The highest BCUT2D eigenvalue weighted by Crippen LogP contribution is 2.16. The number of rotatable bonds is 3. The lowest BCUT2D eigenvalue weighted by molar-refractivity contribution is 0.102. The molecule has 2 heterocycles. The largest absolute Gasteiger partial charge is 0.379 e. The topological polar surface area (TPSA) is 80.0 Å². The monoisotopic (exact) mass is 274 g/mol. The lowest BCUT2D eigenvalue weighted by atomic mass is 10.1. The number of amides is 1. The van der Waals surface area contributed by atoms with Crippen LogP contribution in [0.5, 0.6) is 0 Å². The van der Waals surface area contributed by atoms with Crippen LogP contribution >= 0.6 is 0 Å². The van der Waals surface area contributed by atoms with E-state index in [0.717, 1.165) is 5.69 Å². The summed E-state index contributed by atoms with van der Waals surface area (Å²) in [5.74, 6) is 0.756. The van der Waals surface area contributed by atoms with E-state index < -0.39 is 0 Å². The van der Waals surface area contributed by atoms with Crippen molar-refractivity contribution >= 4 is 17.4 Å². The van der Waals surface area contributed by atoms with E-state index in [-0.39, 0.29) is 11.4 Å². The highest BCUT2D eigenvalue weighted by molar-refractivity contribution is 6.04. The summed E-state index contributed by atoms with van der Waals surface area (Å²) in [5.41, 5.74) is 1.15. The van der Waals surface area contributed by atoms with Crippen LogP contribution in [0.1, 0.15) is 36.9 Å². The van der Waals surface area contributed by atoms with E-state index in [4.69, 9.17) is 4.52 Å². The van der Waals surface area contributed by atoms with Gasteiger partial charge in [-0.2, -0.15) is 0 Å². The Bertz CT molecular complexity index is 614. The maximum absolute atomic E-state index is 12.1. The standard InChI is InChI=1S/C14H18N4O2/c1-9-5-12(18-20-9)16-13(19)10-6-11(8-15-7-10)17-14(2,3)4/h5-8,17H,1-4H3,(H,16,18,19). The summed E-state index contributed by atoms with van der Waals surface area (Å²) in [6.45, 7) is 7.88. The van der Waals surface area contributed by atoms with Crippen LogP contribution in [0.25, 0.3) is 0 Å². The van der Waals surface area contributed by atoms with Crippen molar-refractivity contribution in [2.75, 3.05) is 10.6 Å². The maximum Gasteiger partial charge on any atom is 0.258 e. The number of anilines is 2. The second kappa shape index (κ2) is 5.32. The molecule has 0 aliphatic rings. The van der Waals surface area contributed by atoms with Crippen molar-refractivity contribution in [1.29, 1.82) is 0 Å². The molecule has 6 heteroatoms. The third-order valence-electron chi connectivity index (χ3n) is 2.39. The van der Waals surface area contributed by atoms with Gasteiger partial charge < -0.3 is 15.2 Å². The van der Waals surface area contributed by atoms with Crippen molar-refractivity contribution < 1.29 is 9.32 Å². The number of nitrogens with one attached hydrogen (secondary N) is 2. The molecule has 20 heavy (non-hydrogen) atoms. The first-order valence-electron chi connectivity index (χ1n) is 6.31. The molecule has 0 saturated heterocycles. The van der Waals surface area contributed by atoms with Crippen molar-refractivity contribution in [3.05, 3.63) is 35.9 Å². The summed E-state index contributed by atoms with van der Waals surface area (Å²) in [5, 5.41) is 9.65. The Morgan fingerprint density at radius 2 is 2.00 bits per heavy atom. The van der Waals surface area contributed by atoms with Crippen molar-refractivity contribution in [1.82, 2.24) is 10.1 Å². The van der Waals surface area contributed by atoms with Crippen LogP contribution in [0, 0.1) is 6.92 Å². The molecule has 2 N–H and O–H groups in total. The number of carbonyl (C=O) groups is 1. The van der Waals surface area contributed by atoms with Gasteiger partial charge in [0.05, 0.1) is 11.3 Å². The highest BCUT2D eigenvalue weighted by Gasteiger charge is 2.13. The fraction of sp³-hybridized carbons (Fsp3) is 0.357. The summed E-state index contributed by atoms with van der Waals surface area (Å²) < 4.78 is 4.90. The van der Waals surface area contributed by atoms with E-state index in [1.807, 2.05) is 20.8 Å². The Labute approximate surface area is 117 Å². The molecule has 2 aromatic rings. The van der Waals surface area contributed by atoms with E-state index >= 15 is 0 Å². The Morgan fingerprint density at radius 1 is 1.25 bits per heavy atom. The normalized spacial score (nSPS) is 11.2. The fourth-order valence-corrected chi connectivity index (χ4v) is 1.68. The second-order valence-electron chi connectivity index (χ2n) is 5.61. The van der Waals surface area contributed by atoms with E-state index in [1.54, 1.807) is 25.3 Å². The third-order valence-corrected chi connectivity index (χ3v) is 2.39. The van der Waals surface area contributed by atoms with E-state index in [2.05, 4.69) is 20.8 Å². The van der Waals surface area contributed by atoms with E-state index in [9.17, 15) is 4.79 Å². The van der Waals surface area contributed by atoms with Gasteiger partial charge in [-0.3, -0.25) is 9.78 Å². The lowest BCUT2D eigenvalue weighted by Crippen LogP contribution is -2.26. The van der Waals surface area contributed by atoms with E-state index in [0.29, 0.717) is 17.1 Å². The lowest BCUT2D eigenvalue weighted by Gasteiger charge is -2.22. The van der Waals surface area contributed by atoms with Gasteiger partial charge in [-0.1, -0.05) is 5.16 Å². The molecule has 0 fully saturated rings. The van der Waals surface area contributed by atoms with Crippen LogP contribution in [0.15, 0.2) is 29.0 Å². The predicted molar refractivity (Wildman–Crippen MR) is 76.8 cm³/mol. The molecule has 0 unspecified atom stereocenters. The molecular formula is C14H18N4O2. The zero-order valence-corrected chi connectivity index (χ0v) is 12.0. The van der Waals surface area contributed by atoms with Gasteiger partial charge in [-0.25, -0.2) is 0 Å². The third kappa shape index (κ3) is 3.81. The molecular weight excluding hydrogens is 256 g/mol. The Kier molecular flexibility index (Phi) is 3.74. The second-order valence-corrected chi connectivity index (χ2v) is 5.61. The van der Waals surface area contributed by atoms with Crippen molar-refractivity contribution in [2.45, 2.75) is 33.2 Å². The van der Waals surface area contributed by atoms with Crippen molar-refractivity contribution in [3.63, 3.8) is 0 Å². The molecule has 0 saturated carbocycles. The van der Waals surface area contributed by atoms with Gasteiger partial charge in [-0.15, -0.1) is 0 Å². The van der Waals surface area contributed by atoms with Crippen LogP contribution in [0.2, 0.25) is 0 Å². The SMILES string of the molecule is Cc1cc(NC(=O)c2cncc(NC(C)(C)C)c2)no1. The van der Waals surface area contributed by atoms with Crippen LogP contribution in [-0.4, -0.2) is 21.6 Å². The number of pyridine rings is 1. The van der Waals surface area contributed by atoms with Crippen LogP contribution in [0.4, 0.5) is 11.5 Å². The Morgan fingerprint density at radius 3 is 2.60 bits per heavy atom. The van der Waals surface area contributed by atoms with Crippen molar-refractivity contribution in [3.8, 4) is 0 Å². The minimum atomic E-state index is -0.275. The first kappa shape index (κ1) is 14.0. The average molecular weight is 274 g/mol. The molecule has 0 aliphatic carbocycles. The predicted octanol–water partition coefficient (Wildman–Crippen LogP) is 2.84. The number of hydrogen-bond donors (Lipinski definition) is 2. The highest BCUT2D eigenvalue weighted by atomic mass is 16.5. The molecule has 1 amide bonds. The fourth-order valence-electron chi connectivity index (χ4n) is 1.68. The van der Waals surface area contributed by atoms with Crippen LogP contribution < -0.4 is 10.6 Å². The quantitative estimate of drug-likeness (QED) is 0.899. The maximum atomic E-state index is 12.1. The molecule has 2 aromatic heterocycles. The minimum Gasteiger partial charge on any atom is -0.379 e. The van der Waals surface area contributed by atoms with Gasteiger partial charge in [0.25, 0.3) is 5.91 Å².